The summed E-state index contributed by atoms with van der Waals surface area (Å²) in [6.07, 6.45) is 5.70. The number of thioether (sulfide) groups is 1. The van der Waals surface area contributed by atoms with Crippen LogP contribution in [0.2, 0.25) is 0 Å². The number of carbonyl (C=O) groups excluding carboxylic acids is 1. The topological polar surface area (TPSA) is 60.7 Å². The van der Waals surface area contributed by atoms with E-state index in [1.54, 1.807) is 12.4 Å². The van der Waals surface area contributed by atoms with E-state index in [2.05, 4.69) is 44.0 Å². The van der Waals surface area contributed by atoms with Gasteiger partial charge in [0.15, 0.2) is 11.0 Å². The molecule has 31 heavy (non-hydrogen) atoms. The predicted molar refractivity (Wildman–Crippen MR) is 124 cm³/mol. The first-order chi connectivity index (χ1) is 15.3. The molecule has 0 saturated carbocycles. The van der Waals surface area contributed by atoms with Gasteiger partial charge in [-0.1, -0.05) is 72.4 Å². The lowest BCUT2D eigenvalue weighted by molar-refractivity contribution is -0.116. The highest BCUT2D eigenvalue weighted by Crippen LogP contribution is 2.24. The van der Waals surface area contributed by atoms with Crippen molar-refractivity contribution in [1.29, 1.82) is 0 Å². The maximum Gasteiger partial charge on any atom is 0.191 e. The molecule has 0 aliphatic carbocycles. The molecule has 0 aliphatic heterocycles. The lowest BCUT2D eigenvalue weighted by Gasteiger charge is -2.10. The zero-order valence-corrected chi connectivity index (χ0v) is 18.0. The second-order valence-electron chi connectivity index (χ2n) is 7.25. The van der Waals surface area contributed by atoms with Gasteiger partial charge in [-0.15, -0.1) is 10.2 Å². The summed E-state index contributed by atoms with van der Waals surface area (Å²) in [5.41, 5.74) is 3.36. The monoisotopic (exact) mass is 428 g/mol. The molecule has 5 nitrogen and oxygen atoms in total. The molecule has 2 aromatic heterocycles. The molecule has 156 valence electrons. The van der Waals surface area contributed by atoms with Crippen LogP contribution in [0.5, 0.6) is 0 Å². The van der Waals surface area contributed by atoms with Crippen molar-refractivity contribution in [3.8, 4) is 11.4 Å². The molecule has 2 aromatic carbocycles. The lowest BCUT2D eigenvalue weighted by Crippen LogP contribution is -2.08. The van der Waals surface area contributed by atoms with Crippen LogP contribution in [0.15, 0.2) is 90.3 Å². The SMILES string of the molecule is O=C(CCc1ccccc1)CSc1nnc(-c2cccnc2)n1CCc1ccccc1. The third-order valence-electron chi connectivity index (χ3n) is 5.00. The van der Waals surface area contributed by atoms with E-state index >= 15 is 0 Å². The average Bonchev–Trinajstić information content (AvgIpc) is 3.24. The van der Waals surface area contributed by atoms with Gasteiger partial charge in [0.05, 0.1) is 5.75 Å². The van der Waals surface area contributed by atoms with Crippen molar-refractivity contribution >= 4 is 17.5 Å². The van der Waals surface area contributed by atoms with E-state index in [0.717, 1.165) is 35.9 Å². The summed E-state index contributed by atoms with van der Waals surface area (Å²) in [6, 6.07) is 24.3. The lowest BCUT2D eigenvalue weighted by atomic mass is 10.1. The predicted octanol–water partition coefficient (Wildman–Crippen LogP) is 4.88. The van der Waals surface area contributed by atoms with Gasteiger partial charge in [-0.25, -0.2) is 0 Å². The van der Waals surface area contributed by atoms with Crippen LogP contribution in [0, 0.1) is 0 Å². The smallest absolute Gasteiger partial charge is 0.191 e. The summed E-state index contributed by atoms with van der Waals surface area (Å²) < 4.78 is 2.10. The Morgan fingerprint density at radius 2 is 1.55 bits per heavy atom. The van der Waals surface area contributed by atoms with Crippen molar-refractivity contribution in [2.75, 3.05) is 5.75 Å². The minimum absolute atomic E-state index is 0.217. The molecule has 0 spiro atoms. The fourth-order valence-corrected chi connectivity index (χ4v) is 4.20. The fourth-order valence-electron chi connectivity index (χ4n) is 3.34. The number of Topliss-reactive ketones (excluding diaryl/α,β-unsaturated/α-hetero) is 1. The normalized spacial score (nSPS) is 10.8. The zero-order valence-electron chi connectivity index (χ0n) is 17.2. The summed E-state index contributed by atoms with van der Waals surface area (Å²) in [4.78, 5) is 16.7. The number of ketones is 1. The highest BCUT2D eigenvalue weighted by Gasteiger charge is 2.16. The van der Waals surface area contributed by atoms with Gasteiger partial charge in [0, 0.05) is 30.9 Å². The molecular formula is C25H24N4OS. The van der Waals surface area contributed by atoms with Gasteiger partial charge in [0.25, 0.3) is 0 Å². The van der Waals surface area contributed by atoms with Crippen molar-refractivity contribution < 1.29 is 4.79 Å². The third kappa shape index (κ3) is 5.89. The molecule has 0 radical (unpaired) electrons. The van der Waals surface area contributed by atoms with Crippen LogP contribution >= 0.6 is 11.8 Å². The maximum atomic E-state index is 12.5. The van der Waals surface area contributed by atoms with Gasteiger partial charge in [-0.2, -0.15) is 0 Å². The van der Waals surface area contributed by atoms with E-state index in [9.17, 15) is 4.79 Å². The van der Waals surface area contributed by atoms with Crippen LogP contribution in [-0.2, 0) is 24.2 Å². The van der Waals surface area contributed by atoms with Crippen molar-refractivity contribution in [1.82, 2.24) is 19.7 Å². The molecule has 4 aromatic rings. The fraction of sp³-hybridized carbons (Fsp3) is 0.200. The Balaban J connectivity index is 1.44. The first kappa shape index (κ1) is 21.0. The van der Waals surface area contributed by atoms with E-state index in [1.807, 2.05) is 48.5 Å². The van der Waals surface area contributed by atoms with Gasteiger partial charge in [0.2, 0.25) is 0 Å². The van der Waals surface area contributed by atoms with E-state index < -0.39 is 0 Å². The number of hydrogen-bond acceptors (Lipinski definition) is 5. The average molecular weight is 429 g/mol. The summed E-state index contributed by atoms with van der Waals surface area (Å²) in [5.74, 6) is 1.39. The molecule has 0 fully saturated rings. The molecule has 2 heterocycles. The Morgan fingerprint density at radius 3 is 2.23 bits per heavy atom. The first-order valence-corrected chi connectivity index (χ1v) is 11.3. The van der Waals surface area contributed by atoms with Crippen molar-refractivity contribution in [3.63, 3.8) is 0 Å². The van der Waals surface area contributed by atoms with Gasteiger partial charge < -0.3 is 4.57 Å². The van der Waals surface area contributed by atoms with Crippen LogP contribution in [0.3, 0.4) is 0 Å². The van der Waals surface area contributed by atoms with Gasteiger partial charge in [-0.3, -0.25) is 9.78 Å². The Labute approximate surface area is 186 Å². The standard InChI is InChI=1S/C25H24N4OS/c30-23(14-13-20-8-3-1-4-9-20)19-31-25-28-27-24(22-12-7-16-26-18-22)29(25)17-15-21-10-5-2-6-11-21/h1-12,16,18H,13-15,17,19H2. The molecule has 0 unspecified atom stereocenters. The zero-order chi connectivity index (χ0) is 21.3. The molecule has 0 aliphatic rings. The van der Waals surface area contributed by atoms with Crippen molar-refractivity contribution in [3.05, 3.63) is 96.3 Å². The molecule has 4 rings (SSSR count). The minimum Gasteiger partial charge on any atom is -0.302 e. The largest absolute Gasteiger partial charge is 0.302 e. The van der Waals surface area contributed by atoms with Crippen LogP contribution in [-0.4, -0.2) is 31.3 Å². The minimum atomic E-state index is 0.217. The van der Waals surface area contributed by atoms with E-state index in [4.69, 9.17) is 0 Å². The highest BCUT2D eigenvalue weighted by atomic mass is 32.2. The van der Waals surface area contributed by atoms with Gasteiger partial charge in [0.1, 0.15) is 5.78 Å². The molecule has 0 N–H and O–H groups in total. The number of aromatic nitrogens is 4. The number of rotatable bonds is 10. The Kier molecular flexibility index (Phi) is 7.24. The van der Waals surface area contributed by atoms with Crippen molar-refractivity contribution in [2.24, 2.45) is 0 Å². The molecule has 0 amide bonds. The second-order valence-corrected chi connectivity index (χ2v) is 8.19. The summed E-state index contributed by atoms with van der Waals surface area (Å²) in [5, 5.41) is 9.57. The Bertz CT molecular complexity index is 1100. The maximum absolute atomic E-state index is 12.5. The summed E-state index contributed by atoms with van der Waals surface area (Å²) >= 11 is 1.46. The number of carbonyl (C=O) groups is 1. The molecule has 0 atom stereocenters. The van der Waals surface area contributed by atoms with E-state index in [0.29, 0.717) is 12.2 Å². The molecule has 6 heteroatoms. The quantitative estimate of drug-likeness (QED) is 0.337. The van der Waals surface area contributed by atoms with E-state index in [1.165, 1.54) is 22.9 Å². The molecular weight excluding hydrogens is 404 g/mol. The van der Waals surface area contributed by atoms with Crippen molar-refractivity contribution in [2.45, 2.75) is 31.0 Å². The number of nitrogens with zero attached hydrogens (tertiary/aromatic N) is 4. The number of pyridine rings is 1. The highest BCUT2D eigenvalue weighted by molar-refractivity contribution is 7.99. The van der Waals surface area contributed by atoms with E-state index in [-0.39, 0.29) is 5.78 Å². The van der Waals surface area contributed by atoms with Crippen LogP contribution in [0.4, 0.5) is 0 Å². The Hall–Kier alpha value is -3.25. The number of hydrogen-bond donors (Lipinski definition) is 0. The number of benzene rings is 2. The van der Waals surface area contributed by atoms with Gasteiger partial charge in [-0.05, 0) is 36.1 Å². The third-order valence-corrected chi connectivity index (χ3v) is 6.03. The summed E-state index contributed by atoms with van der Waals surface area (Å²) in [7, 11) is 0. The van der Waals surface area contributed by atoms with Crippen LogP contribution in [0.1, 0.15) is 17.5 Å². The second kappa shape index (κ2) is 10.7. The molecule has 0 saturated heterocycles. The molecule has 0 bridgehead atoms. The van der Waals surface area contributed by atoms with Gasteiger partial charge >= 0.3 is 0 Å². The summed E-state index contributed by atoms with van der Waals surface area (Å²) in [6.45, 7) is 0.738. The Morgan fingerprint density at radius 1 is 0.839 bits per heavy atom. The first-order valence-electron chi connectivity index (χ1n) is 10.4. The number of aryl methyl sites for hydroxylation is 2. The van der Waals surface area contributed by atoms with Crippen LogP contribution < -0.4 is 0 Å². The van der Waals surface area contributed by atoms with Crippen LogP contribution in [0.25, 0.3) is 11.4 Å².